The van der Waals surface area contributed by atoms with Gasteiger partial charge in [-0.3, -0.25) is 4.90 Å². The average molecular weight is 473 g/mol. The fourth-order valence-corrected chi connectivity index (χ4v) is 5.41. The van der Waals surface area contributed by atoms with Gasteiger partial charge in [-0.25, -0.2) is 8.78 Å². The monoisotopic (exact) mass is 472 g/mol. The quantitative estimate of drug-likeness (QED) is 0.478. The lowest BCUT2D eigenvalue weighted by atomic mass is 10.0. The molecule has 0 saturated carbocycles. The van der Waals surface area contributed by atoms with E-state index in [9.17, 15) is 8.78 Å². The van der Waals surface area contributed by atoms with Gasteiger partial charge in [-0.15, -0.1) is 11.3 Å². The van der Waals surface area contributed by atoms with Gasteiger partial charge in [0.2, 0.25) is 0 Å². The normalized spacial score (nSPS) is 16.4. The predicted molar refractivity (Wildman–Crippen MR) is 132 cm³/mol. The zero-order chi connectivity index (χ0) is 22.5. The first-order chi connectivity index (χ1) is 15.5. The van der Waals surface area contributed by atoms with Gasteiger partial charge in [0.15, 0.2) is 5.11 Å². The summed E-state index contributed by atoms with van der Waals surface area (Å²) in [5.74, 6) is -0.460. The number of nitrogens with one attached hydrogen (secondary N) is 2. The Bertz CT molecular complexity index is 1020. The van der Waals surface area contributed by atoms with Gasteiger partial charge in [0.25, 0.3) is 0 Å². The Morgan fingerprint density at radius 2 is 1.69 bits per heavy atom. The Morgan fingerprint density at radius 3 is 2.34 bits per heavy atom. The number of thiophene rings is 1. The van der Waals surface area contributed by atoms with Crippen LogP contribution in [-0.4, -0.2) is 42.2 Å². The standard InChI is InChI=1S/C24H26F2N4S2/c1-17(27-24(31)28-19-10-8-18(25)9-11-19)23(22-7-4-16-32-22)30-14-12-29(13-15-30)21-6-3-2-5-20(21)26/h2-11,16-17,23H,12-15H2,1H3,(H2,27,28,31)/t17-,23+/m1/s1. The number of nitrogens with zero attached hydrogens (tertiary/aromatic N) is 2. The molecule has 2 atom stereocenters. The van der Waals surface area contributed by atoms with Gasteiger partial charge in [-0.2, -0.15) is 0 Å². The summed E-state index contributed by atoms with van der Waals surface area (Å²) in [6.45, 7) is 5.27. The van der Waals surface area contributed by atoms with Crippen LogP contribution in [0.3, 0.4) is 0 Å². The zero-order valence-corrected chi connectivity index (χ0v) is 19.4. The Kier molecular flexibility index (Phi) is 7.34. The molecule has 4 nitrogen and oxygen atoms in total. The molecule has 4 rings (SSSR count). The minimum atomic E-state index is -0.282. The van der Waals surface area contributed by atoms with Gasteiger partial charge in [0.1, 0.15) is 11.6 Å². The Labute approximate surface area is 196 Å². The molecule has 0 amide bonds. The van der Waals surface area contributed by atoms with Crippen molar-refractivity contribution in [3.8, 4) is 0 Å². The maximum Gasteiger partial charge on any atom is 0.171 e. The molecule has 1 fully saturated rings. The highest BCUT2D eigenvalue weighted by Gasteiger charge is 2.31. The fraction of sp³-hybridized carbons (Fsp3) is 0.292. The molecule has 168 valence electrons. The number of thiocarbonyl (C=S) groups is 1. The lowest BCUT2D eigenvalue weighted by Crippen LogP contribution is -2.52. The highest BCUT2D eigenvalue weighted by atomic mass is 32.1. The van der Waals surface area contributed by atoms with E-state index in [1.807, 2.05) is 12.1 Å². The minimum Gasteiger partial charge on any atom is -0.367 e. The summed E-state index contributed by atoms with van der Waals surface area (Å²) in [7, 11) is 0. The smallest absolute Gasteiger partial charge is 0.171 e. The molecular formula is C24H26F2N4S2. The highest BCUT2D eigenvalue weighted by molar-refractivity contribution is 7.80. The van der Waals surface area contributed by atoms with Crippen molar-refractivity contribution in [2.24, 2.45) is 0 Å². The molecule has 1 saturated heterocycles. The molecule has 0 radical (unpaired) electrons. The number of para-hydroxylation sites is 1. The lowest BCUT2D eigenvalue weighted by molar-refractivity contribution is 0.163. The van der Waals surface area contributed by atoms with Crippen molar-refractivity contribution >= 4 is 40.0 Å². The molecule has 2 N–H and O–H groups in total. The van der Waals surface area contributed by atoms with Crippen molar-refractivity contribution in [2.45, 2.75) is 19.0 Å². The number of rotatable bonds is 6. The molecule has 0 bridgehead atoms. The number of hydrogen-bond donors (Lipinski definition) is 2. The van der Waals surface area contributed by atoms with E-state index in [2.05, 4.69) is 44.9 Å². The first-order valence-corrected chi connectivity index (χ1v) is 11.9. The zero-order valence-electron chi connectivity index (χ0n) is 17.8. The van der Waals surface area contributed by atoms with Crippen LogP contribution in [-0.2, 0) is 0 Å². The van der Waals surface area contributed by atoms with Crippen LogP contribution in [0.15, 0.2) is 66.0 Å². The van der Waals surface area contributed by atoms with Gasteiger partial charge >= 0.3 is 0 Å². The van der Waals surface area contributed by atoms with Crippen molar-refractivity contribution in [3.63, 3.8) is 0 Å². The molecule has 0 unspecified atom stereocenters. The summed E-state index contributed by atoms with van der Waals surface area (Å²) < 4.78 is 27.4. The molecule has 1 aliphatic heterocycles. The molecule has 8 heteroatoms. The van der Waals surface area contributed by atoms with E-state index in [1.54, 1.807) is 29.5 Å². The van der Waals surface area contributed by atoms with E-state index in [0.717, 1.165) is 31.9 Å². The van der Waals surface area contributed by atoms with E-state index < -0.39 is 0 Å². The second-order valence-electron chi connectivity index (χ2n) is 7.83. The van der Waals surface area contributed by atoms with Crippen molar-refractivity contribution in [1.82, 2.24) is 10.2 Å². The van der Waals surface area contributed by atoms with Crippen molar-refractivity contribution in [1.29, 1.82) is 0 Å². The number of halogens is 2. The van der Waals surface area contributed by atoms with E-state index in [1.165, 1.54) is 23.1 Å². The van der Waals surface area contributed by atoms with Crippen LogP contribution in [0.25, 0.3) is 0 Å². The summed E-state index contributed by atoms with van der Waals surface area (Å²) in [4.78, 5) is 5.80. The third-order valence-corrected chi connectivity index (χ3v) is 6.83. The van der Waals surface area contributed by atoms with Gasteiger partial charge in [-0.1, -0.05) is 18.2 Å². The van der Waals surface area contributed by atoms with Gasteiger partial charge in [0, 0.05) is 42.8 Å². The Hall–Kier alpha value is -2.55. The Morgan fingerprint density at radius 1 is 0.969 bits per heavy atom. The van der Waals surface area contributed by atoms with E-state index >= 15 is 0 Å². The van der Waals surface area contributed by atoms with Crippen LogP contribution in [0.4, 0.5) is 20.2 Å². The van der Waals surface area contributed by atoms with Gasteiger partial charge < -0.3 is 15.5 Å². The largest absolute Gasteiger partial charge is 0.367 e. The molecular weight excluding hydrogens is 446 g/mol. The molecule has 3 aromatic rings. The van der Waals surface area contributed by atoms with Crippen LogP contribution in [0, 0.1) is 11.6 Å². The summed E-state index contributed by atoms with van der Waals surface area (Å²) >= 11 is 7.24. The van der Waals surface area contributed by atoms with Crippen LogP contribution >= 0.6 is 23.6 Å². The first-order valence-electron chi connectivity index (χ1n) is 10.6. The minimum absolute atomic E-state index is 0.0362. The van der Waals surface area contributed by atoms with Crippen LogP contribution in [0.5, 0.6) is 0 Å². The molecule has 1 aromatic heterocycles. The molecule has 0 aliphatic carbocycles. The van der Waals surface area contributed by atoms with Crippen LogP contribution < -0.4 is 15.5 Å². The van der Waals surface area contributed by atoms with Gasteiger partial charge in [0.05, 0.1) is 11.7 Å². The SMILES string of the molecule is C[C@@H](NC(=S)Nc1ccc(F)cc1)[C@@H](c1cccs1)N1CCN(c2ccccc2F)CC1. The maximum atomic E-state index is 14.2. The van der Waals surface area contributed by atoms with E-state index in [-0.39, 0.29) is 23.7 Å². The number of benzene rings is 2. The summed E-state index contributed by atoms with van der Waals surface area (Å²) in [6, 6.07) is 17.4. The molecule has 32 heavy (non-hydrogen) atoms. The molecule has 0 spiro atoms. The van der Waals surface area contributed by atoms with E-state index in [0.29, 0.717) is 10.8 Å². The van der Waals surface area contributed by atoms with E-state index in [4.69, 9.17) is 12.2 Å². The van der Waals surface area contributed by atoms with Crippen LogP contribution in [0.2, 0.25) is 0 Å². The maximum absolute atomic E-state index is 14.2. The number of piperazine rings is 1. The summed E-state index contributed by atoms with van der Waals surface area (Å²) in [5, 5.41) is 9.10. The fourth-order valence-electron chi connectivity index (χ4n) is 4.14. The second-order valence-corrected chi connectivity index (χ2v) is 9.22. The topological polar surface area (TPSA) is 30.5 Å². The number of anilines is 2. The summed E-state index contributed by atoms with van der Waals surface area (Å²) in [5.41, 5.74) is 1.40. The van der Waals surface area contributed by atoms with Crippen LogP contribution in [0.1, 0.15) is 17.8 Å². The lowest BCUT2D eigenvalue weighted by Gasteiger charge is -2.42. The molecule has 1 aliphatic rings. The van der Waals surface area contributed by atoms with Crippen molar-refractivity contribution in [2.75, 3.05) is 36.4 Å². The third-order valence-electron chi connectivity index (χ3n) is 5.67. The highest BCUT2D eigenvalue weighted by Crippen LogP contribution is 2.30. The first kappa shape index (κ1) is 22.6. The van der Waals surface area contributed by atoms with Crippen molar-refractivity contribution in [3.05, 3.63) is 82.6 Å². The molecule has 2 heterocycles. The third kappa shape index (κ3) is 5.43. The van der Waals surface area contributed by atoms with Crippen molar-refractivity contribution < 1.29 is 8.78 Å². The van der Waals surface area contributed by atoms with Gasteiger partial charge in [-0.05, 0) is 67.0 Å². The Balaban J connectivity index is 1.42. The predicted octanol–water partition coefficient (Wildman–Crippen LogP) is 5.26. The second kappa shape index (κ2) is 10.4. The average Bonchev–Trinajstić information content (AvgIpc) is 3.31. The number of hydrogen-bond acceptors (Lipinski definition) is 4. The molecule has 2 aromatic carbocycles. The summed E-state index contributed by atoms with van der Waals surface area (Å²) in [6.07, 6.45) is 0.